The van der Waals surface area contributed by atoms with Gasteiger partial charge in [0.05, 0.1) is 0 Å². The third-order valence-electron chi connectivity index (χ3n) is 2.37. The quantitative estimate of drug-likeness (QED) is 0.672. The second-order valence-corrected chi connectivity index (χ2v) is 3.65. The smallest absolute Gasteiger partial charge is 0.277 e. The lowest BCUT2D eigenvalue weighted by Gasteiger charge is -2.20. The molecule has 0 spiro atoms. The average molecular weight is 218 g/mol. The molecule has 1 heterocycles. The molecular weight excluding hydrogens is 208 g/mol. The number of hydrogen-bond acceptors (Lipinski definition) is 3. The number of hydrogen-bond donors (Lipinski definition) is 2. The highest BCUT2D eigenvalue weighted by Crippen LogP contribution is 2.19. The Kier molecular flexibility index (Phi) is 2.44. The van der Waals surface area contributed by atoms with Gasteiger partial charge in [-0.2, -0.15) is 0 Å². The van der Waals surface area contributed by atoms with Gasteiger partial charge in [0.25, 0.3) is 0 Å². The fraction of sp³-hybridized carbons (Fsp3) is 0.182. The first-order valence-electron chi connectivity index (χ1n) is 4.80. The van der Waals surface area contributed by atoms with Gasteiger partial charge in [0.15, 0.2) is 0 Å². The normalized spacial score (nSPS) is 16.9. The summed E-state index contributed by atoms with van der Waals surface area (Å²) >= 11 is 0. The molecule has 16 heavy (non-hydrogen) atoms. The summed E-state index contributed by atoms with van der Waals surface area (Å²) < 4.78 is 0. The zero-order valence-corrected chi connectivity index (χ0v) is 8.61. The first-order chi connectivity index (χ1) is 7.58. The van der Waals surface area contributed by atoms with Crippen LogP contribution in [-0.2, 0) is 9.59 Å². The van der Waals surface area contributed by atoms with Gasteiger partial charge in [-0.15, -0.1) is 0 Å². The third kappa shape index (κ3) is 1.79. The first kappa shape index (κ1) is 10.4. The number of carbonyl (C=O) groups excluding carboxylic acids is 3. The summed E-state index contributed by atoms with van der Waals surface area (Å²) in [7, 11) is 0. The van der Waals surface area contributed by atoms with E-state index >= 15 is 0 Å². The van der Waals surface area contributed by atoms with Gasteiger partial charge in [-0.25, -0.2) is 4.79 Å². The predicted octanol–water partition coefficient (Wildman–Crippen LogP) is 0.445. The number of imide groups is 2. The Morgan fingerprint density at radius 3 is 2.25 bits per heavy atom. The molecule has 1 aliphatic rings. The fourth-order valence-corrected chi connectivity index (χ4v) is 1.67. The number of benzene rings is 1. The molecule has 1 aromatic carbocycles. The number of nitrogens with one attached hydrogen (secondary N) is 2. The Labute approximate surface area is 91.8 Å². The SMILES string of the molecule is Cc1cccc(C2C(=O)NC(=O)NC2=O)c1. The zero-order chi connectivity index (χ0) is 11.7. The van der Waals surface area contributed by atoms with Gasteiger partial charge >= 0.3 is 6.03 Å². The Bertz CT molecular complexity index is 462. The first-order valence-corrected chi connectivity index (χ1v) is 4.80. The van der Waals surface area contributed by atoms with E-state index in [4.69, 9.17) is 0 Å². The highest BCUT2D eigenvalue weighted by Gasteiger charge is 2.35. The lowest BCUT2D eigenvalue weighted by molar-refractivity contribution is -0.132. The van der Waals surface area contributed by atoms with Gasteiger partial charge in [0.1, 0.15) is 5.92 Å². The second kappa shape index (κ2) is 3.77. The number of rotatable bonds is 1. The van der Waals surface area contributed by atoms with Crippen LogP contribution < -0.4 is 10.6 Å². The van der Waals surface area contributed by atoms with E-state index < -0.39 is 23.8 Å². The van der Waals surface area contributed by atoms with Crippen molar-refractivity contribution < 1.29 is 14.4 Å². The van der Waals surface area contributed by atoms with E-state index in [1.807, 2.05) is 13.0 Å². The standard InChI is InChI=1S/C11H10N2O3/c1-6-3-2-4-7(5-6)8-9(14)12-11(16)13-10(8)15/h2-5,8H,1H3,(H2,12,13,14,15,16). The van der Waals surface area contributed by atoms with Gasteiger partial charge in [0.2, 0.25) is 11.8 Å². The van der Waals surface area contributed by atoms with Crippen molar-refractivity contribution in [2.75, 3.05) is 0 Å². The van der Waals surface area contributed by atoms with Crippen LogP contribution in [0, 0.1) is 6.92 Å². The Morgan fingerprint density at radius 2 is 1.69 bits per heavy atom. The van der Waals surface area contributed by atoms with E-state index in [9.17, 15) is 14.4 Å². The van der Waals surface area contributed by atoms with Crippen molar-refractivity contribution in [2.45, 2.75) is 12.8 Å². The van der Waals surface area contributed by atoms with Crippen LogP contribution in [0.4, 0.5) is 4.79 Å². The van der Waals surface area contributed by atoms with Crippen LogP contribution in [0.25, 0.3) is 0 Å². The minimum absolute atomic E-state index is 0.584. The zero-order valence-electron chi connectivity index (χ0n) is 8.61. The summed E-state index contributed by atoms with van der Waals surface area (Å²) in [4.78, 5) is 33.9. The molecule has 1 aromatic rings. The molecule has 82 valence electrons. The van der Waals surface area contributed by atoms with Gasteiger partial charge in [-0.3, -0.25) is 20.2 Å². The summed E-state index contributed by atoms with van der Waals surface area (Å²) in [6.45, 7) is 1.87. The third-order valence-corrected chi connectivity index (χ3v) is 2.37. The Morgan fingerprint density at radius 1 is 1.06 bits per heavy atom. The molecule has 1 fully saturated rings. The van der Waals surface area contributed by atoms with Crippen LogP contribution in [0.2, 0.25) is 0 Å². The summed E-state index contributed by atoms with van der Waals surface area (Å²) in [5.74, 6) is -2.11. The molecule has 0 bridgehead atoms. The minimum Gasteiger partial charge on any atom is -0.277 e. The highest BCUT2D eigenvalue weighted by molar-refractivity contribution is 6.19. The van der Waals surface area contributed by atoms with E-state index in [1.165, 1.54) is 0 Å². The molecular formula is C11H10N2O3. The summed E-state index contributed by atoms with van der Waals surface area (Å²) in [5.41, 5.74) is 1.54. The van der Waals surface area contributed by atoms with Crippen molar-refractivity contribution in [1.29, 1.82) is 0 Å². The van der Waals surface area contributed by atoms with Crippen molar-refractivity contribution in [1.82, 2.24) is 10.6 Å². The molecule has 0 saturated carbocycles. The maximum Gasteiger partial charge on any atom is 0.328 e. The number of carbonyl (C=O) groups is 3. The minimum atomic E-state index is -0.947. The van der Waals surface area contributed by atoms with Gasteiger partial charge < -0.3 is 0 Å². The maximum absolute atomic E-state index is 11.5. The van der Waals surface area contributed by atoms with Gasteiger partial charge in [-0.1, -0.05) is 29.8 Å². The van der Waals surface area contributed by atoms with E-state index in [2.05, 4.69) is 10.6 Å². The lowest BCUT2D eigenvalue weighted by atomic mass is 9.95. The summed E-state index contributed by atoms with van der Waals surface area (Å²) in [6, 6.07) is 6.31. The molecule has 5 heteroatoms. The van der Waals surface area contributed by atoms with Gasteiger partial charge in [-0.05, 0) is 12.5 Å². The van der Waals surface area contributed by atoms with Crippen molar-refractivity contribution in [3.63, 3.8) is 0 Å². The van der Waals surface area contributed by atoms with Crippen LogP contribution in [-0.4, -0.2) is 17.8 Å². The molecule has 0 aromatic heterocycles. The molecule has 1 saturated heterocycles. The lowest BCUT2D eigenvalue weighted by Crippen LogP contribution is -2.54. The molecule has 0 aliphatic carbocycles. The van der Waals surface area contributed by atoms with Crippen LogP contribution in [0.15, 0.2) is 24.3 Å². The Balaban J connectivity index is 2.36. The topological polar surface area (TPSA) is 75.3 Å². The number of urea groups is 1. The maximum atomic E-state index is 11.5. The summed E-state index contributed by atoms with van der Waals surface area (Å²) in [5, 5.41) is 4.14. The second-order valence-electron chi connectivity index (χ2n) is 3.65. The van der Waals surface area contributed by atoms with Gasteiger partial charge in [0, 0.05) is 0 Å². The molecule has 5 nitrogen and oxygen atoms in total. The molecule has 2 rings (SSSR count). The highest BCUT2D eigenvalue weighted by atomic mass is 16.2. The monoisotopic (exact) mass is 218 g/mol. The largest absolute Gasteiger partial charge is 0.328 e. The molecule has 0 radical (unpaired) electrons. The number of barbiturate groups is 1. The van der Waals surface area contributed by atoms with Crippen LogP contribution in [0.3, 0.4) is 0 Å². The molecule has 4 amide bonds. The van der Waals surface area contributed by atoms with Crippen LogP contribution in [0.1, 0.15) is 17.0 Å². The Hall–Kier alpha value is -2.17. The van der Waals surface area contributed by atoms with E-state index in [-0.39, 0.29) is 0 Å². The van der Waals surface area contributed by atoms with Crippen molar-refractivity contribution in [2.24, 2.45) is 0 Å². The van der Waals surface area contributed by atoms with Crippen molar-refractivity contribution in [3.05, 3.63) is 35.4 Å². The number of aryl methyl sites for hydroxylation is 1. The van der Waals surface area contributed by atoms with Crippen molar-refractivity contribution in [3.8, 4) is 0 Å². The van der Waals surface area contributed by atoms with Crippen LogP contribution >= 0.6 is 0 Å². The van der Waals surface area contributed by atoms with Crippen LogP contribution in [0.5, 0.6) is 0 Å². The summed E-state index contributed by atoms with van der Waals surface area (Å²) in [6.07, 6.45) is 0. The van der Waals surface area contributed by atoms with E-state index in [1.54, 1.807) is 18.2 Å². The predicted molar refractivity (Wildman–Crippen MR) is 55.6 cm³/mol. The fourth-order valence-electron chi connectivity index (χ4n) is 1.67. The molecule has 0 unspecified atom stereocenters. The molecule has 0 atom stereocenters. The molecule has 2 N–H and O–H groups in total. The average Bonchev–Trinajstić information content (AvgIpc) is 2.15. The van der Waals surface area contributed by atoms with E-state index in [0.717, 1.165) is 5.56 Å². The van der Waals surface area contributed by atoms with E-state index in [0.29, 0.717) is 5.56 Å². The number of amides is 4. The molecule has 1 aliphatic heterocycles. The van der Waals surface area contributed by atoms with Crippen molar-refractivity contribution >= 4 is 17.8 Å².